The highest BCUT2D eigenvalue weighted by molar-refractivity contribution is 5.61. The van der Waals surface area contributed by atoms with Gasteiger partial charge in [0.15, 0.2) is 0 Å². The molecule has 23 heavy (non-hydrogen) atoms. The minimum Gasteiger partial charge on any atom is -0.391 e. The van der Waals surface area contributed by atoms with Gasteiger partial charge in [-0.15, -0.1) is 6.58 Å². The first-order chi connectivity index (χ1) is 11.1. The van der Waals surface area contributed by atoms with E-state index in [9.17, 15) is 5.11 Å². The maximum absolute atomic E-state index is 10.5. The first kappa shape index (κ1) is 17.3. The lowest BCUT2D eigenvalue weighted by atomic mass is 10.0. The zero-order valence-corrected chi connectivity index (χ0v) is 13.9. The van der Waals surface area contributed by atoms with Crippen molar-refractivity contribution in [1.82, 2.24) is 5.43 Å². The number of nitrogens with one attached hydrogen (secondary N) is 1. The highest BCUT2D eigenvalue weighted by atomic mass is 16.3. The lowest BCUT2D eigenvalue weighted by molar-refractivity contribution is 0.122. The van der Waals surface area contributed by atoms with E-state index in [2.05, 4.69) is 25.9 Å². The minimum absolute atomic E-state index is 0.224. The third-order valence-electron chi connectivity index (χ3n) is 3.69. The van der Waals surface area contributed by atoms with Crippen molar-refractivity contribution in [2.75, 3.05) is 5.01 Å². The standard InChI is InChI=1S/C20H26N2O/c1-4-19(20(23)15-16(2)3)21-22(17-11-7-5-8-12-17)18-13-9-6-10-14-18/h4-14,16,19-21,23H,1,15H2,2-3H3/t19-,20+/m0/s1. The molecule has 0 fully saturated rings. The number of aliphatic hydroxyl groups excluding tert-OH is 1. The van der Waals surface area contributed by atoms with E-state index in [0.717, 1.165) is 17.8 Å². The summed E-state index contributed by atoms with van der Waals surface area (Å²) < 4.78 is 0. The van der Waals surface area contributed by atoms with Crippen LogP contribution in [0, 0.1) is 5.92 Å². The number of hydrogen-bond acceptors (Lipinski definition) is 3. The summed E-state index contributed by atoms with van der Waals surface area (Å²) in [5.74, 6) is 0.427. The summed E-state index contributed by atoms with van der Waals surface area (Å²) in [6.07, 6.45) is 2.01. The Morgan fingerprint density at radius 1 is 1.00 bits per heavy atom. The molecule has 3 nitrogen and oxygen atoms in total. The number of para-hydroxylation sites is 2. The van der Waals surface area contributed by atoms with Crippen LogP contribution in [0.3, 0.4) is 0 Å². The van der Waals surface area contributed by atoms with E-state index in [1.54, 1.807) is 6.08 Å². The predicted octanol–water partition coefficient (Wildman–Crippen LogP) is 4.29. The van der Waals surface area contributed by atoms with Crippen molar-refractivity contribution >= 4 is 11.4 Å². The van der Waals surface area contributed by atoms with Crippen molar-refractivity contribution in [1.29, 1.82) is 0 Å². The molecule has 2 atom stereocenters. The van der Waals surface area contributed by atoms with Gasteiger partial charge in [0.25, 0.3) is 0 Å². The van der Waals surface area contributed by atoms with E-state index >= 15 is 0 Å². The molecule has 122 valence electrons. The molecular formula is C20H26N2O. The van der Waals surface area contributed by atoms with Gasteiger partial charge in [-0.1, -0.05) is 56.3 Å². The van der Waals surface area contributed by atoms with Crippen molar-refractivity contribution in [3.05, 3.63) is 73.3 Å². The predicted molar refractivity (Wildman–Crippen MR) is 97.6 cm³/mol. The quantitative estimate of drug-likeness (QED) is 0.564. The van der Waals surface area contributed by atoms with Crippen LogP contribution in [-0.2, 0) is 0 Å². The first-order valence-electron chi connectivity index (χ1n) is 8.09. The number of hydrazine groups is 1. The molecule has 2 aromatic carbocycles. The molecule has 0 bridgehead atoms. The summed E-state index contributed by atoms with van der Waals surface area (Å²) in [4.78, 5) is 0. The fourth-order valence-electron chi connectivity index (χ4n) is 2.53. The fourth-order valence-corrected chi connectivity index (χ4v) is 2.53. The van der Waals surface area contributed by atoms with Crippen molar-refractivity contribution < 1.29 is 5.11 Å². The van der Waals surface area contributed by atoms with E-state index in [1.807, 2.05) is 65.7 Å². The van der Waals surface area contributed by atoms with Crippen molar-refractivity contribution in [2.45, 2.75) is 32.4 Å². The minimum atomic E-state index is -0.484. The summed E-state index contributed by atoms with van der Waals surface area (Å²) in [5, 5.41) is 12.5. The molecule has 0 aliphatic heterocycles. The zero-order valence-electron chi connectivity index (χ0n) is 13.9. The Morgan fingerprint density at radius 3 is 1.87 bits per heavy atom. The summed E-state index contributed by atoms with van der Waals surface area (Å²) in [6, 6.07) is 19.9. The monoisotopic (exact) mass is 310 g/mol. The van der Waals surface area contributed by atoms with Gasteiger partial charge in [-0.2, -0.15) is 0 Å². The summed E-state index contributed by atoms with van der Waals surface area (Å²) >= 11 is 0. The Labute approximate surface area is 139 Å². The van der Waals surface area contributed by atoms with E-state index in [1.165, 1.54) is 0 Å². The van der Waals surface area contributed by atoms with Crippen LogP contribution < -0.4 is 10.4 Å². The lowest BCUT2D eigenvalue weighted by Crippen LogP contribution is -2.47. The molecule has 0 spiro atoms. The Balaban J connectivity index is 2.25. The van der Waals surface area contributed by atoms with Gasteiger partial charge in [0.1, 0.15) is 0 Å². The third kappa shape index (κ3) is 4.95. The van der Waals surface area contributed by atoms with Crippen LogP contribution in [0.5, 0.6) is 0 Å². The number of nitrogens with zero attached hydrogens (tertiary/aromatic N) is 1. The number of hydrogen-bond donors (Lipinski definition) is 2. The molecule has 0 unspecified atom stereocenters. The number of rotatable bonds is 8. The van der Waals surface area contributed by atoms with Gasteiger partial charge in [0.05, 0.1) is 23.5 Å². The van der Waals surface area contributed by atoms with Gasteiger partial charge in [-0.05, 0) is 36.6 Å². The second kappa shape index (κ2) is 8.51. The molecule has 0 aliphatic carbocycles. The van der Waals surface area contributed by atoms with Gasteiger partial charge >= 0.3 is 0 Å². The third-order valence-corrected chi connectivity index (χ3v) is 3.69. The van der Waals surface area contributed by atoms with Crippen molar-refractivity contribution in [2.24, 2.45) is 5.92 Å². The molecule has 0 aliphatic rings. The Bertz CT molecular complexity index is 544. The average molecular weight is 310 g/mol. The molecule has 0 heterocycles. The molecule has 2 N–H and O–H groups in total. The molecule has 2 rings (SSSR count). The van der Waals surface area contributed by atoms with Crippen LogP contribution in [0.4, 0.5) is 11.4 Å². The number of anilines is 2. The molecule has 3 heteroatoms. The Kier molecular flexibility index (Phi) is 6.39. The summed E-state index contributed by atoms with van der Waals surface area (Å²) in [6.45, 7) is 8.09. The second-order valence-corrected chi connectivity index (χ2v) is 6.09. The summed E-state index contributed by atoms with van der Waals surface area (Å²) in [5.41, 5.74) is 5.44. The smallest absolute Gasteiger partial charge is 0.0749 e. The van der Waals surface area contributed by atoms with E-state index in [-0.39, 0.29) is 6.04 Å². The van der Waals surface area contributed by atoms with Gasteiger partial charge in [-0.25, -0.2) is 5.43 Å². The SMILES string of the molecule is C=C[C@H](NN(c1ccccc1)c1ccccc1)[C@H](O)CC(C)C. The van der Waals surface area contributed by atoms with E-state index in [0.29, 0.717) is 5.92 Å². The van der Waals surface area contributed by atoms with E-state index in [4.69, 9.17) is 0 Å². The largest absolute Gasteiger partial charge is 0.391 e. The zero-order chi connectivity index (χ0) is 16.7. The molecule has 0 aromatic heterocycles. The van der Waals surface area contributed by atoms with Crippen LogP contribution in [0.25, 0.3) is 0 Å². The van der Waals surface area contributed by atoms with Crippen LogP contribution in [0.1, 0.15) is 20.3 Å². The molecule has 0 saturated heterocycles. The van der Waals surface area contributed by atoms with Gasteiger partial charge in [-0.3, -0.25) is 5.01 Å². The molecule has 2 aromatic rings. The first-order valence-corrected chi connectivity index (χ1v) is 8.09. The number of aliphatic hydroxyl groups is 1. The highest BCUT2D eigenvalue weighted by Gasteiger charge is 2.20. The van der Waals surface area contributed by atoms with Gasteiger partial charge in [0.2, 0.25) is 0 Å². The number of benzene rings is 2. The average Bonchev–Trinajstić information content (AvgIpc) is 2.56. The highest BCUT2D eigenvalue weighted by Crippen LogP contribution is 2.23. The topological polar surface area (TPSA) is 35.5 Å². The normalized spacial score (nSPS) is 13.6. The van der Waals surface area contributed by atoms with Crippen LogP contribution in [-0.4, -0.2) is 17.3 Å². The Morgan fingerprint density at radius 2 is 1.48 bits per heavy atom. The summed E-state index contributed by atoms with van der Waals surface area (Å²) in [7, 11) is 0. The fraction of sp³-hybridized carbons (Fsp3) is 0.300. The van der Waals surface area contributed by atoms with Gasteiger partial charge in [0, 0.05) is 0 Å². The maximum atomic E-state index is 10.5. The molecular weight excluding hydrogens is 284 g/mol. The van der Waals surface area contributed by atoms with Crippen LogP contribution >= 0.6 is 0 Å². The second-order valence-electron chi connectivity index (χ2n) is 6.09. The maximum Gasteiger partial charge on any atom is 0.0749 e. The van der Waals surface area contributed by atoms with Crippen molar-refractivity contribution in [3.8, 4) is 0 Å². The molecule has 0 radical (unpaired) electrons. The molecule has 0 saturated carbocycles. The lowest BCUT2D eigenvalue weighted by Gasteiger charge is -2.32. The van der Waals surface area contributed by atoms with Crippen LogP contribution in [0.2, 0.25) is 0 Å². The molecule has 0 amide bonds. The van der Waals surface area contributed by atoms with Crippen molar-refractivity contribution in [3.63, 3.8) is 0 Å². The van der Waals surface area contributed by atoms with Gasteiger partial charge < -0.3 is 5.11 Å². The van der Waals surface area contributed by atoms with E-state index < -0.39 is 6.10 Å². The van der Waals surface area contributed by atoms with Crippen LogP contribution in [0.15, 0.2) is 73.3 Å². The Hall–Kier alpha value is -2.10.